The zero-order chi connectivity index (χ0) is 12.6. The molecule has 2 heterocycles. The number of pyridine rings is 1. The van der Waals surface area contributed by atoms with Crippen molar-refractivity contribution in [2.24, 2.45) is 0 Å². The molecule has 1 atom stereocenters. The van der Waals surface area contributed by atoms with Crippen LogP contribution in [0.25, 0.3) is 0 Å². The summed E-state index contributed by atoms with van der Waals surface area (Å²) >= 11 is 0. The van der Waals surface area contributed by atoms with Gasteiger partial charge in [-0.1, -0.05) is 12.5 Å². The maximum atomic E-state index is 11.7. The third-order valence-corrected chi connectivity index (χ3v) is 3.27. The normalized spacial score (nSPS) is 19.4. The second-order valence-electron chi connectivity index (χ2n) is 4.77. The molecule has 1 aliphatic heterocycles. The molecule has 1 amide bonds. The average Bonchev–Trinajstić information content (AvgIpc) is 2.41. The van der Waals surface area contributed by atoms with Crippen LogP contribution < -0.4 is 10.6 Å². The number of carbonyl (C=O) groups is 1. The largest absolute Gasteiger partial charge is 0.356 e. The fourth-order valence-corrected chi connectivity index (χ4v) is 2.27. The van der Waals surface area contributed by atoms with E-state index in [9.17, 15) is 4.79 Å². The number of piperidine rings is 1. The Morgan fingerprint density at radius 2 is 2.39 bits per heavy atom. The summed E-state index contributed by atoms with van der Waals surface area (Å²) in [5.41, 5.74) is 1.02. The van der Waals surface area contributed by atoms with Crippen LogP contribution in [0.2, 0.25) is 0 Å². The first-order valence-electron chi connectivity index (χ1n) is 6.74. The number of amides is 1. The lowest BCUT2D eigenvalue weighted by Gasteiger charge is -2.22. The van der Waals surface area contributed by atoms with Gasteiger partial charge in [0.05, 0.1) is 0 Å². The smallest absolute Gasteiger partial charge is 0.221 e. The fourth-order valence-electron chi connectivity index (χ4n) is 2.27. The van der Waals surface area contributed by atoms with E-state index in [1.165, 1.54) is 12.8 Å². The van der Waals surface area contributed by atoms with Gasteiger partial charge in [-0.25, -0.2) is 0 Å². The number of nitrogens with one attached hydrogen (secondary N) is 2. The molecule has 0 spiro atoms. The van der Waals surface area contributed by atoms with Gasteiger partial charge in [0.2, 0.25) is 5.91 Å². The standard InChI is InChI=1S/C14H21N3O/c18-14(11-13-6-2-4-9-16-13)17-10-7-12-5-1-3-8-15-12/h1,3,5,8,13,16H,2,4,6-7,9-11H2,(H,17,18). The molecule has 4 heteroatoms. The number of nitrogens with zero attached hydrogens (tertiary/aromatic N) is 1. The van der Waals surface area contributed by atoms with Crippen LogP contribution in [0.3, 0.4) is 0 Å². The predicted molar refractivity (Wildman–Crippen MR) is 71.2 cm³/mol. The Morgan fingerprint density at radius 3 is 3.11 bits per heavy atom. The van der Waals surface area contributed by atoms with Gasteiger partial charge < -0.3 is 10.6 Å². The van der Waals surface area contributed by atoms with Crippen molar-refractivity contribution in [1.29, 1.82) is 0 Å². The van der Waals surface area contributed by atoms with Crippen molar-refractivity contribution >= 4 is 5.91 Å². The molecule has 1 fully saturated rings. The van der Waals surface area contributed by atoms with Crippen molar-refractivity contribution < 1.29 is 4.79 Å². The highest BCUT2D eigenvalue weighted by molar-refractivity contribution is 5.76. The van der Waals surface area contributed by atoms with E-state index < -0.39 is 0 Å². The summed E-state index contributed by atoms with van der Waals surface area (Å²) in [7, 11) is 0. The number of hydrogen-bond donors (Lipinski definition) is 2. The van der Waals surface area contributed by atoms with Crippen LogP contribution in [0.4, 0.5) is 0 Å². The number of rotatable bonds is 5. The Labute approximate surface area is 108 Å². The quantitative estimate of drug-likeness (QED) is 0.824. The van der Waals surface area contributed by atoms with Gasteiger partial charge in [0.15, 0.2) is 0 Å². The Morgan fingerprint density at radius 1 is 1.44 bits per heavy atom. The maximum Gasteiger partial charge on any atom is 0.221 e. The van der Waals surface area contributed by atoms with Crippen molar-refractivity contribution in [2.75, 3.05) is 13.1 Å². The molecule has 98 valence electrons. The van der Waals surface area contributed by atoms with E-state index >= 15 is 0 Å². The van der Waals surface area contributed by atoms with Gasteiger partial charge in [-0.3, -0.25) is 9.78 Å². The summed E-state index contributed by atoms with van der Waals surface area (Å²) in [5.74, 6) is 0.144. The monoisotopic (exact) mass is 247 g/mol. The van der Waals surface area contributed by atoms with Crippen molar-refractivity contribution in [3.63, 3.8) is 0 Å². The van der Waals surface area contributed by atoms with Crippen molar-refractivity contribution in [1.82, 2.24) is 15.6 Å². The Balaban J connectivity index is 1.62. The predicted octanol–water partition coefficient (Wildman–Crippen LogP) is 1.27. The maximum absolute atomic E-state index is 11.7. The lowest BCUT2D eigenvalue weighted by Crippen LogP contribution is -2.39. The minimum Gasteiger partial charge on any atom is -0.356 e. The van der Waals surface area contributed by atoms with E-state index in [1.807, 2.05) is 18.2 Å². The summed E-state index contributed by atoms with van der Waals surface area (Å²) in [6.07, 6.45) is 6.76. The fraction of sp³-hybridized carbons (Fsp3) is 0.571. The molecular weight excluding hydrogens is 226 g/mol. The topological polar surface area (TPSA) is 54.0 Å². The molecule has 0 saturated carbocycles. The molecule has 1 unspecified atom stereocenters. The third kappa shape index (κ3) is 4.45. The van der Waals surface area contributed by atoms with Gasteiger partial charge in [0.25, 0.3) is 0 Å². The molecule has 2 rings (SSSR count). The summed E-state index contributed by atoms with van der Waals surface area (Å²) in [5, 5.41) is 6.34. The van der Waals surface area contributed by atoms with Gasteiger partial charge in [-0.2, -0.15) is 0 Å². The Bertz CT molecular complexity index is 361. The Hall–Kier alpha value is -1.42. The molecule has 18 heavy (non-hydrogen) atoms. The van der Waals surface area contributed by atoms with E-state index in [-0.39, 0.29) is 5.91 Å². The molecule has 4 nitrogen and oxygen atoms in total. The van der Waals surface area contributed by atoms with Crippen LogP contribution in [0.15, 0.2) is 24.4 Å². The highest BCUT2D eigenvalue weighted by Crippen LogP contribution is 2.09. The third-order valence-electron chi connectivity index (χ3n) is 3.27. The average molecular weight is 247 g/mol. The SMILES string of the molecule is O=C(CC1CCCCN1)NCCc1ccccn1. The highest BCUT2D eigenvalue weighted by atomic mass is 16.1. The number of aromatic nitrogens is 1. The summed E-state index contributed by atoms with van der Waals surface area (Å²) < 4.78 is 0. The van der Waals surface area contributed by atoms with Gasteiger partial charge in [0, 0.05) is 37.3 Å². The second kappa shape index (κ2) is 7.11. The number of hydrogen-bond acceptors (Lipinski definition) is 3. The minimum absolute atomic E-state index is 0.144. The second-order valence-corrected chi connectivity index (χ2v) is 4.77. The highest BCUT2D eigenvalue weighted by Gasteiger charge is 2.15. The molecule has 1 aliphatic rings. The summed E-state index contributed by atoms with van der Waals surface area (Å²) in [6.45, 7) is 1.72. The number of carbonyl (C=O) groups excluding carboxylic acids is 1. The molecular formula is C14H21N3O. The molecule has 0 aliphatic carbocycles. The van der Waals surface area contributed by atoms with E-state index in [1.54, 1.807) is 6.20 Å². The summed E-state index contributed by atoms with van der Waals surface area (Å²) in [4.78, 5) is 16.0. The zero-order valence-electron chi connectivity index (χ0n) is 10.7. The van der Waals surface area contributed by atoms with Crippen LogP contribution in [0.5, 0.6) is 0 Å². The first-order chi connectivity index (χ1) is 8.84. The lowest BCUT2D eigenvalue weighted by atomic mass is 10.0. The Kier molecular flexibility index (Phi) is 5.15. The van der Waals surface area contributed by atoms with Crippen molar-refractivity contribution in [3.8, 4) is 0 Å². The minimum atomic E-state index is 0.144. The first-order valence-corrected chi connectivity index (χ1v) is 6.74. The molecule has 1 aromatic rings. The molecule has 0 aromatic carbocycles. The zero-order valence-corrected chi connectivity index (χ0v) is 10.7. The van der Waals surface area contributed by atoms with Crippen molar-refractivity contribution in [3.05, 3.63) is 30.1 Å². The van der Waals surface area contributed by atoms with Crippen molar-refractivity contribution in [2.45, 2.75) is 38.1 Å². The molecule has 0 bridgehead atoms. The first kappa shape index (κ1) is 13.0. The van der Waals surface area contributed by atoms with Crippen LogP contribution >= 0.6 is 0 Å². The van der Waals surface area contributed by atoms with Crippen LogP contribution in [0.1, 0.15) is 31.4 Å². The molecule has 0 radical (unpaired) electrons. The summed E-state index contributed by atoms with van der Waals surface area (Å²) in [6, 6.07) is 6.22. The van der Waals surface area contributed by atoms with Crippen LogP contribution in [0, 0.1) is 0 Å². The van der Waals surface area contributed by atoms with Gasteiger partial charge >= 0.3 is 0 Å². The van der Waals surface area contributed by atoms with E-state index in [0.717, 1.165) is 25.1 Å². The molecule has 1 aromatic heterocycles. The van der Waals surface area contributed by atoms with Gasteiger partial charge in [-0.15, -0.1) is 0 Å². The molecule has 1 saturated heterocycles. The van der Waals surface area contributed by atoms with E-state index in [0.29, 0.717) is 19.0 Å². The van der Waals surface area contributed by atoms with Crippen LogP contribution in [-0.2, 0) is 11.2 Å². The van der Waals surface area contributed by atoms with Gasteiger partial charge in [0.1, 0.15) is 0 Å². The van der Waals surface area contributed by atoms with E-state index in [2.05, 4.69) is 15.6 Å². The van der Waals surface area contributed by atoms with Crippen LogP contribution in [-0.4, -0.2) is 30.0 Å². The van der Waals surface area contributed by atoms with E-state index in [4.69, 9.17) is 0 Å². The molecule has 2 N–H and O–H groups in total. The lowest BCUT2D eigenvalue weighted by molar-refractivity contribution is -0.121. The van der Waals surface area contributed by atoms with Gasteiger partial charge in [-0.05, 0) is 31.5 Å².